The average Bonchev–Trinajstić information content (AvgIpc) is 2.47. The highest BCUT2D eigenvalue weighted by molar-refractivity contribution is 7.98. The van der Waals surface area contributed by atoms with Gasteiger partial charge in [-0.3, -0.25) is 4.99 Å². The van der Waals surface area contributed by atoms with Crippen molar-refractivity contribution >= 4 is 17.7 Å². The second-order valence-electron chi connectivity index (χ2n) is 5.94. The Hall–Kier alpha value is -0.420. The van der Waals surface area contributed by atoms with Crippen molar-refractivity contribution in [1.82, 2.24) is 15.5 Å². The number of guanidine groups is 1. The summed E-state index contributed by atoms with van der Waals surface area (Å²) in [4.78, 5) is 7.22. The molecule has 4 nitrogen and oxygen atoms in total. The number of hydrogen-bond acceptors (Lipinski definition) is 3. The van der Waals surface area contributed by atoms with Gasteiger partial charge in [-0.05, 0) is 57.1 Å². The lowest BCUT2D eigenvalue weighted by molar-refractivity contribution is 0.187. The van der Waals surface area contributed by atoms with Crippen LogP contribution in [-0.4, -0.2) is 62.1 Å². The Bertz CT molecular complexity index is 283. The van der Waals surface area contributed by atoms with Crippen molar-refractivity contribution in [3.8, 4) is 0 Å². The van der Waals surface area contributed by atoms with E-state index in [1.54, 1.807) is 0 Å². The summed E-state index contributed by atoms with van der Waals surface area (Å²) in [5, 5.41) is 6.80. The summed E-state index contributed by atoms with van der Waals surface area (Å²) in [6.45, 7) is 11.0. The van der Waals surface area contributed by atoms with Gasteiger partial charge in [0.25, 0.3) is 0 Å². The number of nitrogens with one attached hydrogen (secondary N) is 2. The van der Waals surface area contributed by atoms with Crippen LogP contribution >= 0.6 is 11.8 Å². The Morgan fingerprint density at radius 2 is 2.19 bits per heavy atom. The van der Waals surface area contributed by atoms with Crippen molar-refractivity contribution < 1.29 is 0 Å². The van der Waals surface area contributed by atoms with Crippen LogP contribution < -0.4 is 10.6 Å². The van der Waals surface area contributed by atoms with Gasteiger partial charge in [-0.2, -0.15) is 11.8 Å². The van der Waals surface area contributed by atoms with Gasteiger partial charge in [0.2, 0.25) is 0 Å². The molecule has 1 atom stereocenters. The van der Waals surface area contributed by atoms with Crippen LogP contribution in [-0.2, 0) is 0 Å². The molecule has 5 heteroatoms. The molecular weight excluding hydrogens is 280 g/mol. The minimum absolute atomic E-state index is 0.858. The van der Waals surface area contributed by atoms with E-state index in [1.165, 1.54) is 44.5 Å². The molecule has 0 bridgehead atoms. The average molecular weight is 315 g/mol. The van der Waals surface area contributed by atoms with Gasteiger partial charge in [0.15, 0.2) is 5.96 Å². The fourth-order valence-electron chi connectivity index (χ4n) is 2.71. The summed E-state index contributed by atoms with van der Waals surface area (Å²) in [7, 11) is 0. The van der Waals surface area contributed by atoms with Crippen molar-refractivity contribution in [2.45, 2.75) is 39.5 Å². The van der Waals surface area contributed by atoms with Crippen LogP contribution in [0.4, 0.5) is 0 Å². The Balaban J connectivity index is 2.18. The molecule has 21 heavy (non-hydrogen) atoms. The van der Waals surface area contributed by atoms with Gasteiger partial charge in [0.1, 0.15) is 0 Å². The third-order valence-electron chi connectivity index (χ3n) is 3.83. The number of aliphatic imine (C=N–C) groups is 1. The van der Waals surface area contributed by atoms with Gasteiger partial charge in [0.05, 0.1) is 0 Å². The lowest BCUT2D eigenvalue weighted by atomic mass is 10.0. The van der Waals surface area contributed by atoms with Crippen molar-refractivity contribution in [2.75, 3.05) is 51.3 Å². The van der Waals surface area contributed by atoms with E-state index in [2.05, 4.69) is 40.6 Å². The first-order chi connectivity index (χ1) is 10.3. The van der Waals surface area contributed by atoms with E-state index in [9.17, 15) is 0 Å². The van der Waals surface area contributed by atoms with E-state index in [1.807, 2.05) is 11.8 Å². The SMILES string of the molecule is CCNC(=NCCCCSC)NCCN1CCCC(C)C1. The minimum Gasteiger partial charge on any atom is -0.357 e. The highest BCUT2D eigenvalue weighted by Crippen LogP contribution is 2.14. The zero-order valence-electron chi connectivity index (χ0n) is 14.2. The monoisotopic (exact) mass is 314 g/mol. The number of piperidine rings is 1. The summed E-state index contributed by atoms with van der Waals surface area (Å²) < 4.78 is 0. The van der Waals surface area contributed by atoms with E-state index in [-0.39, 0.29) is 0 Å². The molecule has 0 aromatic rings. The lowest BCUT2D eigenvalue weighted by Crippen LogP contribution is -2.43. The third-order valence-corrected chi connectivity index (χ3v) is 4.53. The van der Waals surface area contributed by atoms with Gasteiger partial charge in [-0.1, -0.05) is 6.92 Å². The van der Waals surface area contributed by atoms with Crippen molar-refractivity contribution in [1.29, 1.82) is 0 Å². The quantitative estimate of drug-likeness (QED) is 0.389. The van der Waals surface area contributed by atoms with Gasteiger partial charge in [-0.15, -0.1) is 0 Å². The molecule has 1 unspecified atom stereocenters. The van der Waals surface area contributed by atoms with E-state index in [0.717, 1.165) is 38.1 Å². The molecule has 1 aliphatic rings. The van der Waals surface area contributed by atoms with E-state index >= 15 is 0 Å². The number of rotatable bonds is 9. The predicted octanol–water partition coefficient (Wildman–Crippen LogP) is 2.42. The van der Waals surface area contributed by atoms with E-state index in [4.69, 9.17) is 0 Å². The lowest BCUT2D eigenvalue weighted by Gasteiger charge is -2.30. The standard InChI is InChI=1S/C16H34N4S/c1-4-17-16(18-9-5-6-13-21-3)19-10-12-20-11-7-8-15(2)14-20/h15H,4-14H2,1-3H3,(H2,17,18,19). The maximum absolute atomic E-state index is 4.65. The molecule has 0 aromatic heterocycles. The van der Waals surface area contributed by atoms with Crippen LogP contribution in [0, 0.1) is 5.92 Å². The zero-order chi connectivity index (χ0) is 15.3. The summed E-state index contributed by atoms with van der Waals surface area (Å²) in [5.41, 5.74) is 0. The minimum atomic E-state index is 0.858. The summed E-state index contributed by atoms with van der Waals surface area (Å²) in [5.74, 6) is 3.08. The van der Waals surface area contributed by atoms with Crippen LogP contribution in [0.1, 0.15) is 39.5 Å². The van der Waals surface area contributed by atoms with E-state index < -0.39 is 0 Å². The van der Waals surface area contributed by atoms with Crippen LogP contribution in [0.15, 0.2) is 4.99 Å². The maximum atomic E-state index is 4.65. The Morgan fingerprint density at radius 1 is 1.33 bits per heavy atom. The molecule has 0 aliphatic carbocycles. The fourth-order valence-corrected chi connectivity index (χ4v) is 3.21. The third kappa shape index (κ3) is 9.25. The molecule has 1 saturated heterocycles. The first-order valence-electron chi connectivity index (χ1n) is 8.49. The Labute approximate surface area is 135 Å². The van der Waals surface area contributed by atoms with Gasteiger partial charge >= 0.3 is 0 Å². The maximum Gasteiger partial charge on any atom is 0.191 e. The van der Waals surface area contributed by atoms with Gasteiger partial charge in [-0.25, -0.2) is 0 Å². The molecular formula is C16H34N4S. The summed E-state index contributed by atoms with van der Waals surface area (Å²) >= 11 is 1.92. The predicted molar refractivity (Wildman–Crippen MR) is 96.4 cm³/mol. The number of likely N-dealkylation sites (tertiary alicyclic amines) is 1. The van der Waals surface area contributed by atoms with Crippen molar-refractivity contribution in [2.24, 2.45) is 10.9 Å². The molecule has 1 rings (SSSR count). The highest BCUT2D eigenvalue weighted by Gasteiger charge is 2.15. The molecule has 0 radical (unpaired) electrons. The van der Waals surface area contributed by atoms with Crippen molar-refractivity contribution in [3.63, 3.8) is 0 Å². The molecule has 0 amide bonds. The second kappa shape index (κ2) is 12.2. The van der Waals surface area contributed by atoms with Crippen molar-refractivity contribution in [3.05, 3.63) is 0 Å². The van der Waals surface area contributed by atoms with Gasteiger partial charge < -0.3 is 15.5 Å². The highest BCUT2D eigenvalue weighted by atomic mass is 32.2. The molecule has 124 valence electrons. The largest absolute Gasteiger partial charge is 0.357 e. The fraction of sp³-hybridized carbons (Fsp3) is 0.938. The topological polar surface area (TPSA) is 39.7 Å². The molecule has 0 saturated carbocycles. The second-order valence-corrected chi connectivity index (χ2v) is 6.92. The van der Waals surface area contributed by atoms with Crippen LogP contribution in [0.3, 0.4) is 0 Å². The smallest absolute Gasteiger partial charge is 0.191 e. The normalized spacial score (nSPS) is 20.5. The molecule has 1 fully saturated rings. The van der Waals surface area contributed by atoms with Crippen LogP contribution in [0.5, 0.6) is 0 Å². The number of hydrogen-bond donors (Lipinski definition) is 2. The molecule has 1 heterocycles. The zero-order valence-corrected chi connectivity index (χ0v) is 15.0. The Morgan fingerprint density at radius 3 is 2.90 bits per heavy atom. The first kappa shape index (κ1) is 18.6. The first-order valence-corrected chi connectivity index (χ1v) is 9.89. The summed E-state index contributed by atoms with van der Waals surface area (Å²) in [6, 6.07) is 0. The Kier molecular flexibility index (Phi) is 10.8. The van der Waals surface area contributed by atoms with Gasteiger partial charge in [0, 0.05) is 32.7 Å². The molecule has 0 spiro atoms. The molecule has 1 aliphatic heterocycles. The number of thioether (sulfide) groups is 1. The number of unbranched alkanes of at least 4 members (excludes halogenated alkanes) is 1. The van der Waals surface area contributed by atoms with Crippen LogP contribution in [0.2, 0.25) is 0 Å². The molecule has 0 aromatic carbocycles. The number of nitrogens with zero attached hydrogens (tertiary/aromatic N) is 2. The molecule has 2 N–H and O–H groups in total. The van der Waals surface area contributed by atoms with Crippen LogP contribution in [0.25, 0.3) is 0 Å². The summed E-state index contributed by atoms with van der Waals surface area (Å²) in [6.07, 6.45) is 7.35. The van der Waals surface area contributed by atoms with E-state index in [0.29, 0.717) is 0 Å².